The normalized spacial score (nSPS) is 30.0. The fourth-order valence-electron chi connectivity index (χ4n) is 7.97. The van der Waals surface area contributed by atoms with Crippen molar-refractivity contribution < 1.29 is 41.9 Å². The molecule has 0 radical (unpaired) electrons. The van der Waals surface area contributed by atoms with Gasteiger partial charge in [0.2, 0.25) is 21.8 Å². The highest BCUT2D eigenvalue weighted by Crippen LogP contribution is 2.45. The molecule has 274 valence electrons. The molecule has 3 aliphatic heterocycles. The molecule has 4 fully saturated rings. The second-order valence-electron chi connectivity index (χ2n) is 14.6. The highest BCUT2D eigenvalue weighted by Gasteiger charge is 2.62. The Morgan fingerprint density at radius 1 is 1.06 bits per heavy atom. The van der Waals surface area contributed by atoms with Gasteiger partial charge in [0.1, 0.15) is 23.7 Å². The number of carbonyl (C=O) groups is 5. The lowest BCUT2D eigenvalue weighted by Gasteiger charge is -2.34. The van der Waals surface area contributed by atoms with Crippen LogP contribution in [0.5, 0.6) is 0 Å². The van der Waals surface area contributed by atoms with E-state index < -0.39 is 74.8 Å². The number of rotatable bonds is 7. The third kappa shape index (κ3) is 7.22. The van der Waals surface area contributed by atoms with Crippen molar-refractivity contribution in [2.45, 2.75) is 106 Å². The fourth-order valence-corrected chi connectivity index (χ4v) is 9.33. The summed E-state index contributed by atoms with van der Waals surface area (Å²) in [6, 6.07) is 3.65. The van der Waals surface area contributed by atoms with Crippen LogP contribution in [0.4, 0.5) is 9.59 Å². The van der Waals surface area contributed by atoms with Gasteiger partial charge in [-0.2, -0.15) is 0 Å². The first kappa shape index (κ1) is 35.0. The van der Waals surface area contributed by atoms with E-state index in [1.165, 1.54) is 11.0 Å². The third-order valence-corrected chi connectivity index (χ3v) is 12.9. The number of alkyl carbamates (subject to hydrolysis) is 1. The number of benzene rings is 1. The summed E-state index contributed by atoms with van der Waals surface area (Å²) in [6.45, 7) is 4.39. The topological polar surface area (TPSA) is 181 Å². The van der Waals surface area contributed by atoms with Crippen molar-refractivity contribution in [1.82, 2.24) is 25.2 Å². The number of carbonyl (C=O) groups excluding carboxylic acids is 5. The predicted octanol–water partition coefficient (Wildman–Crippen LogP) is 2.87. The van der Waals surface area contributed by atoms with E-state index in [-0.39, 0.29) is 31.9 Å². The molecule has 14 nitrogen and oxygen atoms in total. The first-order chi connectivity index (χ1) is 24.5. The van der Waals surface area contributed by atoms with Gasteiger partial charge in [0.15, 0.2) is 0 Å². The number of fused-ring (bicyclic) bond motifs is 3. The van der Waals surface area contributed by atoms with E-state index in [4.69, 9.17) is 9.47 Å². The first-order valence-corrected chi connectivity index (χ1v) is 19.5. The quantitative estimate of drug-likeness (QED) is 0.357. The summed E-state index contributed by atoms with van der Waals surface area (Å²) in [7, 11) is -3.90. The van der Waals surface area contributed by atoms with Crippen LogP contribution in [0.25, 0.3) is 6.08 Å². The Kier molecular flexibility index (Phi) is 9.59. The highest BCUT2D eigenvalue weighted by molar-refractivity contribution is 7.91. The monoisotopic (exact) mass is 723 g/mol. The summed E-state index contributed by atoms with van der Waals surface area (Å²) in [4.78, 5) is 71.7. The van der Waals surface area contributed by atoms with Crippen molar-refractivity contribution in [3.63, 3.8) is 0 Å². The molecule has 6 aliphatic rings. The number of amides is 5. The van der Waals surface area contributed by atoms with E-state index >= 15 is 0 Å². The second-order valence-corrected chi connectivity index (χ2v) is 16.6. The lowest BCUT2D eigenvalue weighted by atomic mass is 9.83. The predicted molar refractivity (Wildman–Crippen MR) is 184 cm³/mol. The van der Waals surface area contributed by atoms with E-state index in [2.05, 4.69) is 21.9 Å². The third-order valence-electron chi connectivity index (χ3n) is 11.1. The molecule has 0 spiro atoms. The van der Waals surface area contributed by atoms with Crippen LogP contribution >= 0.6 is 0 Å². The van der Waals surface area contributed by atoms with E-state index in [0.29, 0.717) is 45.2 Å². The molecular weight excluding hydrogens is 678 g/mol. The Labute approximate surface area is 297 Å². The molecule has 1 aromatic carbocycles. The Balaban J connectivity index is 1.17. The van der Waals surface area contributed by atoms with Gasteiger partial charge >= 0.3 is 12.2 Å². The minimum absolute atomic E-state index is 0.0588. The number of nitrogens with one attached hydrogen (secondary N) is 3. The molecule has 3 N–H and O–H groups in total. The maximum Gasteiger partial charge on any atom is 0.410 e. The molecule has 1 aromatic rings. The first-order valence-electron chi connectivity index (χ1n) is 18.0. The van der Waals surface area contributed by atoms with Crippen LogP contribution in [0.1, 0.15) is 80.9 Å². The number of cyclic esters (lactones) is 1. The molecule has 3 heterocycles. The molecule has 3 saturated carbocycles. The highest BCUT2D eigenvalue weighted by atomic mass is 32.2. The average molecular weight is 724 g/mol. The van der Waals surface area contributed by atoms with Gasteiger partial charge in [0.25, 0.3) is 5.91 Å². The lowest BCUT2D eigenvalue weighted by molar-refractivity contribution is -0.142. The molecule has 0 aromatic heterocycles. The van der Waals surface area contributed by atoms with Crippen LogP contribution in [0.3, 0.4) is 0 Å². The molecule has 51 heavy (non-hydrogen) atoms. The largest absolute Gasteiger partial charge is 0.449 e. The van der Waals surface area contributed by atoms with Crippen molar-refractivity contribution in [2.24, 2.45) is 11.8 Å². The molecule has 5 amide bonds. The minimum atomic E-state index is -3.90. The molecule has 5 atom stereocenters. The van der Waals surface area contributed by atoms with E-state index in [1.807, 2.05) is 30.4 Å². The number of sulfonamides is 1. The van der Waals surface area contributed by atoms with Gasteiger partial charge in [-0.05, 0) is 61.1 Å². The Bertz CT molecular complexity index is 1750. The van der Waals surface area contributed by atoms with Crippen LogP contribution in [-0.2, 0) is 47.0 Å². The summed E-state index contributed by atoms with van der Waals surface area (Å²) in [5, 5.41) is 4.92. The average Bonchev–Trinajstić information content (AvgIpc) is 4.01. The SMILES string of the molecule is C=C[C@@H]1C[C@]1(NC(=O)[C@@H]1C[C@@H]2CN1C(=O)[C@H](C1CCCCC1)NC(=O)OCCC=Cc1cccc3c1CN(C3)C(=O)O2)C(=O)NS(=O)(=O)C1CC1. The Morgan fingerprint density at radius 2 is 1.84 bits per heavy atom. The van der Waals surface area contributed by atoms with Gasteiger partial charge in [-0.25, -0.2) is 18.0 Å². The number of hydrogen-bond donors (Lipinski definition) is 3. The van der Waals surface area contributed by atoms with E-state index in [9.17, 15) is 32.4 Å². The molecule has 1 saturated heterocycles. The minimum Gasteiger partial charge on any atom is -0.449 e. The molecule has 0 unspecified atom stereocenters. The zero-order chi connectivity index (χ0) is 35.9. The van der Waals surface area contributed by atoms with Crippen molar-refractivity contribution >= 4 is 46.0 Å². The maximum absolute atomic E-state index is 14.5. The van der Waals surface area contributed by atoms with Crippen LogP contribution < -0.4 is 15.4 Å². The molecule has 4 bridgehead atoms. The molecular formula is C36H45N5O9S. The van der Waals surface area contributed by atoms with Crippen molar-refractivity contribution in [1.29, 1.82) is 0 Å². The molecule has 7 rings (SSSR count). The zero-order valence-electron chi connectivity index (χ0n) is 28.5. The van der Waals surface area contributed by atoms with Crippen LogP contribution in [-0.4, -0.2) is 90.3 Å². The summed E-state index contributed by atoms with van der Waals surface area (Å²) in [5.41, 5.74) is 1.34. The summed E-state index contributed by atoms with van der Waals surface area (Å²) in [5.74, 6) is -2.79. The number of hydrogen-bond acceptors (Lipinski definition) is 9. The lowest BCUT2D eigenvalue weighted by Crippen LogP contribution is -2.59. The van der Waals surface area contributed by atoms with Crippen molar-refractivity contribution in [3.05, 3.63) is 53.6 Å². The standard InChI is InChI=1S/C36H45N5O9S/c1-2-25-18-36(25,33(44)39-51(47,48)27-14-15-27)38-31(42)29-17-26-20-41(29)32(43)30(23-10-4-3-5-11-23)37-34(45)49-16-7-6-9-22-12-8-13-24-19-40(21-28(22)24)35(46)50-26/h2,6,8-9,12-13,23,25-27,29-30H,1,3-5,7,10-11,14-21H2,(H,37,45)(H,38,42)(H,39,44)/t25-,26-,29+,30+,36-/m1/s1. The van der Waals surface area contributed by atoms with Gasteiger partial charge in [-0.15, -0.1) is 6.58 Å². The van der Waals surface area contributed by atoms with E-state index in [0.717, 1.165) is 36.0 Å². The number of ether oxygens (including phenoxy) is 2. The van der Waals surface area contributed by atoms with Crippen LogP contribution in [0, 0.1) is 11.8 Å². The van der Waals surface area contributed by atoms with Gasteiger partial charge < -0.3 is 25.0 Å². The second kappa shape index (κ2) is 14.0. The summed E-state index contributed by atoms with van der Waals surface area (Å²) in [6.07, 6.45) is 8.71. The number of nitrogens with zero attached hydrogens (tertiary/aromatic N) is 2. The summed E-state index contributed by atoms with van der Waals surface area (Å²) < 4.78 is 38.9. The summed E-state index contributed by atoms with van der Waals surface area (Å²) >= 11 is 0. The maximum atomic E-state index is 14.5. The Morgan fingerprint density at radius 3 is 2.57 bits per heavy atom. The van der Waals surface area contributed by atoms with Crippen molar-refractivity contribution in [2.75, 3.05) is 13.2 Å². The van der Waals surface area contributed by atoms with Gasteiger partial charge in [0.05, 0.1) is 24.9 Å². The van der Waals surface area contributed by atoms with E-state index in [1.54, 1.807) is 4.90 Å². The van der Waals surface area contributed by atoms with Crippen LogP contribution in [0.15, 0.2) is 36.9 Å². The van der Waals surface area contributed by atoms with Crippen LogP contribution in [0.2, 0.25) is 0 Å². The molecule has 3 aliphatic carbocycles. The zero-order valence-corrected chi connectivity index (χ0v) is 29.3. The Hall–Kier alpha value is -4.40. The van der Waals surface area contributed by atoms with Crippen molar-refractivity contribution in [3.8, 4) is 0 Å². The fraction of sp³-hybridized carbons (Fsp3) is 0.583. The smallest absolute Gasteiger partial charge is 0.410 e. The molecule has 15 heteroatoms. The van der Waals surface area contributed by atoms with Gasteiger partial charge in [-0.1, -0.05) is 55.7 Å². The van der Waals surface area contributed by atoms with Gasteiger partial charge in [-0.3, -0.25) is 24.0 Å². The van der Waals surface area contributed by atoms with Gasteiger partial charge in [0, 0.05) is 18.9 Å².